The third-order valence-electron chi connectivity index (χ3n) is 3.24. The van der Waals surface area contributed by atoms with Gasteiger partial charge in [0.15, 0.2) is 0 Å². The number of rotatable bonds is 7. The summed E-state index contributed by atoms with van der Waals surface area (Å²) in [6.45, 7) is 7.81. The quantitative estimate of drug-likeness (QED) is 0.604. The molecular weight excluding hydrogens is 256 g/mol. The normalized spacial score (nSPS) is 11.5. The van der Waals surface area contributed by atoms with Crippen LogP contribution in [0, 0.1) is 0 Å². The molecule has 3 N–H and O–H groups in total. The Balaban J connectivity index is 1.84. The Morgan fingerprint density at radius 1 is 1.32 bits per heavy atom. The van der Waals surface area contributed by atoms with Crippen molar-refractivity contribution in [2.24, 2.45) is 0 Å². The highest BCUT2D eigenvalue weighted by atomic mass is 32.2. The van der Waals surface area contributed by atoms with E-state index in [1.54, 1.807) is 0 Å². The molecule has 0 aliphatic rings. The van der Waals surface area contributed by atoms with Gasteiger partial charge in [-0.3, -0.25) is 0 Å². The van der Waals surface area contributed by atoms with Crippen molar-refractivity contribution >= 4 is 28.5 Å². The first kappa shape index (κ1) is 14.2. The number of anilines is 1. The molecule has 0 saturated carbocycles. The lowest BCUT2D eigenvalue weighted by Gasteiger charge is -2.16. The standard InChI is InChI=1S/C14H22N4S/c1-3-18(4-2)7-8-19-10-14-16-12-6-5-11(15)9-13(12)17-14/h5-6,9H,3-4,7-8,10,15H2,1-2H3,(H,16,17). The summed E-state index contributed by atoms with van der Waals surface area (Å²) in [5.41, 5.74) is 8.56. The molecule has 104 valence electrons. The second kappa shape index (κ2) is 6.82. The maximum atomic E-state index is 5.76. The number of hydrogen-bond acceptors (Lipinski definition) is 4. The molecule has 0 unspecified atom stereocenters. The number of aromatic nitrogens is 2. The lowest BCUT2D eigenvalue weighted by atomic mass is 10.3. The third-order valence-corrected chi connectivity index (χ3v) is 4.19. The summed E-state index contributed by atoms with van der Waals surface area (Å²) in [6.07, 6.45) is 0. The molecule has 4 nitrogen and oxygen atoms in total. The van der Waals surface area contributed by atoms with Crippen molar-refractivity contribution in [1.82, 2.24) is 14.9 Å². The van der Waals surface area contributed by atoms with Gasteiger partial charge in [0, 0.05) is 18.0 Å². The molecule has 0 saturated heterocycles. The molecule has 0 aliphatic carbocycles. The first-order chi connectivity index (χ1) is 9.22. The number of nitrogens with one attached hydrogen (secondary N) is 1. The SMILES string of the molecule is CCN(CC)CCSCc1nc2ccc(N)cc2[nH]1. The van der Waals surface area contributed by atoms with Crippen molar-refractivity contribution in [3.05, 3.63) is 24.0 Å². The molecule has 19 heavy (non-hydrogen) atoms. The highest BCUT2D eigenvalue weighted by molar-refractivity contribution is 7.98. The van der Waals surface area contributed by atoms with Crippen LogP contribution in [0.4, 0.5) is 5.69 Å². The van der Waals surface area contributed by atoms with Crippen molar-refractivity contribution in [2.45, 2.75) is 19.6 Å². The summed E-state index contributed by atoms with van der Waals surface area (Å²) in [4.78, 5) is 10.3. The molecule has 2 rings (SSSR count). The first-order valence-electron chi connectivity index (χ1n) is 6.77. The Bertz CT molecular complexity index is 519. The van der Waals surface area contributed by atoms with Gasteiger partial charge >= 0.3 is 0 Å². The van der Waals surface area contributed by atoms with Crippen molar-refractivity contribution in [3.63, 3.8) is 0 Å². The van der Waals surface area contributed by atoms with Gasteiger partial charge in [-0.25, -0.2) is 4.98 Å². The number of H-pyrrole nitrogens is 1. The number of nitrogens with zero attached hydrogens (tertiary/aromatic N) is 2. The van der Waals surface area contributed by atoms with Gasteiger partial charge in [-0.2, -0.15) is 11.8 Å². The number of hydrogen-bond donors (Lipinski definition) is 2. The molecule has 0 spiro atoms. The fraction of sp³-hybridized carbons (Fsp3) is 0.500. The van der Waals surface area contributed by atoms with Crippen LogP contribution in [0.2, 0.25) is 0 Å². The Kier molecular flexibility index (Phi) is 5.10. The topological polar surface area (TPSA) is 57.9 Å². The minimum atomic E-state index is 0.775. The average molecular weight is 278 g/mol. The maximum absolute atomic E-state index is 5.76. The molecular formula is C14H22N4S. The van der Waals surface area contributed by atoms with Crippen LogP contribution in [0.25, 0.3) is 11.0 Å². The van der Waals surface area contributed by atoms with E-state index in [2.05, 4.69) is 28.7 Å². The minimum Gasteiger partial charge on any atom is -0.399 e. The van der Waals surface area contributed by atoms with Crippen molar-refractivity contribution in [1.29, 1.82) is 0 Å². The Morgan fingerprint density at radius 3 is 2.84 bits per heavy atom. The highest BCUT2D eigenvalue weighted by Gasteiger charge is 2.04. The minimum absolute atomic E-state index is 0.775. The van der Waals surface area contributed by atoms with E-state index in [1.165, 1.54) is 0 Å². The lowest BCUT2D eigenvalue weighted by molar-refractivity contribution is 0.324. The second-order valence-electron chi connectivity index (χ2n) is 4.54. The monoisotopic (exact) mass is 278 g/mol. The average Bonchev–Trinajstić information content (AvgIpc) is 2.80. The van der Waals surface area contributed by atoms with Crippen LogP contribution in [-0.2, 0) is 5.75 Å². The van der Waals surface area contributed by atoms with Crippen LogP contribution in [0.3, 0.4) is 0 Å². The summed E-state index contributed by atoms with van der Waals surface area (Å²) in [6, 6.07) is 5.79. The summed E-state index contributed by atoms with van der Waals surface area (Å²) >= 11 is 1.92. The van der Waals surface area contributed by atoms with Crippen molar-refractivity contribution in [2.75, 3.05) is 31.1 Å². The van der Waals surface area contributed by atoms with E-state index in [1.807, 2.05) is 30.0 Å². The number of imidazole rings is 1. The van der Waals surface area contributed by atoms with Crippen LogP contribution in [0.1, 0.15) is 19.7 Å². The summed E-state index contributed by atoms with van der Waals surface area (Å²) in [5, 5.41) is 0. The molecule has 1 aromatic heterocycles. The van der Waals surface area contributed by atoms with E-state index in [0.29, 0.717) is 0 Å². The summed E-state index contributed by atoms with van der Waals surface area (Å²) < 4.78 is 0. The number of benzene rings is 1. The zero-order valence-electron chi connectivity index (χ0n) is 11.6. The van der Waals surface area contributed by atoms with Gasteiger partial charge in [0.25, 0.3) is 0 Å². The van der Waals surface area contributed by atoms with Crippen LogP contribution in [-0.4, -0.2) is 40.3 Å². The molecule has 0 fully saturated rings. The van der Waals surface area contributed by atoms with Gasteiger partial charge in [-0.1, -0.05) is 13.8 Å². The molecule has 0 aliphatic heterocycles. The molecule has 5 heteroatoms. The number of thioether (sulfide) groups is 1. The molecule has 1 aromatic carbocycles. The van der Waals surface area contributed by atoms with Crippen LogP contribution >= 0.6 is 11.8 Å². The Morgan fingerprint density at radius 2 is 2.11 bits per heavy atom. The van der Waals surface area contributed by atoms with Crippen LogP contribution in [0.15, 0.2) is 18.2 Å². The van der Waals surface area contributed by atoms with E-state index in [-0.39, 0.29) is 0 Å². The van der Waals surface area contributed by atoms with E-state index in [9.17, 15) is 0 Å². The predicted octanol–water partition coefficient (Wildman–Crippen LogP) is 2.72. The fourth-order valence-electron chi connectivity index (χ4n) is 2.05. The molecule has 0 radical (unpaired) electrons. The van der Waals surface area contributed by atoms with E-state index < -0.39 is 0 Å². The fourth-order valence-corrected chi connectivity index (χ4v) is 2.91. The third kappa shape index (κ3) is 3.88. The van der Waals surface area contributed by atoms with E-state index in [4.69, 9.17) is 5.73 Å². The van der Waals surface area contributed by atoms with Gasteiger partial charge in [0.05, 0.1) is 16.8 Å². The van der Waals surface area contributed by atoms with Gasteiger partial charge in [0.2, 0.25) is 0 Å². The van der Waals surface area contributed by atoms with Gasteiger partial charge in [-0.05, 0) is 31.3 Å². The maximum Gasteiger partial charge on any atom is 0.117 e. The van der Waals surface area contributed by atoms with Crippen molar-refractivity contribution < 1.29 is 0 Å². The molecule has 0 atom stereocenters. The van der Waals surface area contributed by atoms with E-state index in [0.717, 1.165) is 53.7 Å². The zero-order valence-corrected chi connectivity index (χ0v) is 12.5. The number of nitrogens with two attached hydrogens (primary N) is 1. The lowest BCUT2D eigenvalue weighted by Crippen LogP contribution is -2.25. The predicted molar refractivity (Wildman–Crippen MR) is 84.5 cm³/mol. The Labute approximate surface area is 118 Å². The second-order valence-corrected chi connectivity index (χ2v) is 5.64. The summed E-state index contributed by atoms with van der Waals surface area (Å²) in [5.74, 6) is 3.10. The largest absolute Gasteiger partial charge is 0.399 e. The molecule has 2 aromatic rings. The Hall–Kier alpha value is -1.20. The highest BCUT2D eigenvalue weighted by Crippen LogP contribution is 2.17. The molecule has 0 bridgehead atoms. The van der Waals surface area contributed by atoms with Crippen molar-refractivity contribution in [3.8, 4) is 0 Å². The smallest absolute Gasteiger partial charge is 0.117 e. The molecule has 0 amide bonds. The number of aromatic amines is 1. The molecule has 1 heterocycles. The zero-order chi connectivity index (χ0) is 13.7. The van der Waals surface area contributed by atoms with Crippen LogP contribution in [0.5, 0.6) is 0 Å². The first-order valence-corrected chi connectivity index (χ1v) is 7.92. The van der Waals surface area contributed by atoms with Gasteiger partial charge < -0.3 is 15.6 Å². The van der Waals surface area contributed by atoms with Gasteiger partial charge in [0.1, 0.15) is 5.82 Å². The van der Waals surface area contributed by atoms with E-state index >= 15 is 0 Å². The summed E-state index contributed by atoms with van der Waals surface area (Å²) in [7, 11) is 0. The number of fused-ring (bicyclic) bond motifs is 1. The number of nitrogen functional groups attached to an aromatic ring is 1. The van der Waals surface area contributed by atoms with Crippen LogP contribution < -0.4 is 5.73 Å². The van der Waals surface area contributed by atoms with Gasteiger partial charge in [-0.15, -0.1) is 0 Å².